The molecule has 0 unspecified atom stereocenters. The van der Waals surface area contributed by atoms with E-state index in [1.807, 2.05) is 6.07 Å². The minimum Gasteiger partial charge on any atom is -0.490 e. The number of hydrogen-bond acceptors (Lipinski definition) is 5. The van der Waals surface area contributed by atoms with E-state index >= 15 is 0 Å². The van der Waals surface area contributed by atoms with Crippen LogP contribution in [0.1, 0.15) is 12.0 Å². The van der Waals surface area contributed by atoms with Crippen LogP contribution in [0.2, 0.25) is 5.02 Å². The van der Waals surface area contributed by atoms with Gasteiger partial charge in [0.2, 0.25) is 0 Å². The van der Waals surface area contributed by atoms with Gasteiger partial charge in [-0.15, -0.1) is 0 Å². The van der Waals surface area contributed by atoms with E-state index in [0.717, 1.165) is 6.42 Å². The lowest BCUT2D eigenvalue weighted by Crippen LogP contribution is -2.13. The van der Waals surface area contributed by atoms with Crippen LogP contribution in [-0.4, -0.2) is 21.6 Å². The third-order valence-electron chi connectivity index (χ3n) is 3.37. The molecule has 2 aromatic rings. The highest BCUT2D eigenvalue weighted by atomic mass is 35.5. The highest BCUT2D eigenvalue weighted by Gasteiger charge is 2.19. The van der Waals surface area contributed by atoms with Crippen molar-refractivity contribution in [3.63, 3.8) is 0 Å². The first-order valence-corrected chi connectivity index (χ1v) is 8.98. The monoisotopic (exact) mass is 364 g/mol. The van der Waals surface area contributed by atoms with Crippen molar-refractivity contribution in [3.8, 4) is 17.6 Å². The van der Waals surface area contributed by atoms with Gasteiger partial charge >= 0.3 is 0 Å². The Balaban J connectivity index is 1.91. The molecular formula is C16H13ClN2O4S. The summed E-state index contributed by atoms with van der Waals surface area (Å²) in [5.41, 5.74) is 0.443. The molecule has 0 saturated carbocycles. The second kappa shape index (κ2) is 6.59. The summed E-state index contributed by atoms with van der Waals surface area (Å²) >= 11 is 5.85. The molecule has 24 heavy (non-hydrogen) atoms. The second-order valence-electron chi connectivity index (χ2n) is 5.07. The van der Waals surface area contributed by atoms with Crippen LogP contribution < -0.4 is 14.2 Å². The zero-order chi connectivity index (χ0) is 17.2. The van der Waals surface area contributed by atoms with Crippen molar-refractivity contribution in [1.82, 2.24) is 0 Å². The van der Waals surface area contributed by atoms with Crippen LogP contribution in [0, 0.1) is 11.3 Å². The predicted octanol–water partition coefficient (Wildman–Crippen LogP) is 3.17. The van der Waals surface area contributed by atoms with Crippen molar-refractivity contribution in [2.24, 2.45) is 0 Å². The van der Waals surface area contributed by atoms with E-state index in [0.29, 0.717) is 24.7 Å². The number of nitrogens with zero attached hydrogens (tertiary/aromatic N) is 1. The van der Waals surface area contributed by atoms with Crippen molar-refractivity contribution in [1.29, 1.82) is 5.26 Å². The molecule has 0 fully saturated rings. The second-order valence-corrected chi connectivity index (χ2v) is 7.16. The van der Waals surface area contributed by atoms with E-state index in [-0.39, 0.29) is 21.2 Å². The van der Waals surface area contributed by atoms with Crippen molar-refractivity contribution >= 4 is 27.3 Å². The van der Waals surface area contributed by atoms with Crippen molar-refractivity contribution in [2.45, 2.75) is 11.3 Å². The normalized spacial score (nSPS) is 13.7. The molecular weight excluding hydrogens is 352 g/mol. The number of halogens is 1. The first kappa shape index (κ1) is 16.4. The highest BCUT2D eigenvalue weighted by molar-refractivity contribution is 7.92. The average molecular weight is 365 g/mol. The number of benzene rings is 2. The van der Waals surface area contributed by atoms with E-state index < -0.39 is 10.0 Å². The Labute approximate surface area is 144 Å². The van der Waals surface area contributed by atoms with Gasteiger partial charge in [-0.25, -0.2) is 8.42 Å². The van der Waals surface area contributed by atoms with Gasteiger partial charge < -0.3 is 9.47 Å². The number of nitrogens with one attached hydrogen (secondary N) is 1. The Morgan fingerprint density at radius 1 is 1.08 bits per heavy atom. The Kier molecular flexibility index (Phi) is 4.51. The minimum atomic E-state index is -3.83. The summed E-state index contributed by atoms with van der Waals surface area (Å²) in [6, 6.07) is 10.7. The van der Waals surface area contributed by atoms with Gasteiger partial charge in [0, 0.05) is 12.5 Å². The van der Waals surface area contributed by atoms with Gasteiger partial charge in [-0.2, -0.15) is 5.26 Å². The average Bonchev–Trinajstić information content (AvgIpc) is 2.81. The van der Waals surface area contributed by atoms with Gasteiger partial charge in [0.05, 0.1) is 34.4 Å². The minimum absolute atomic E-state index is 0.0419. The van der Waals surface area contributed by atoms with E-state index in [1.165, 1.54) is 30.3 Å². The summed E-state index contributed by atoms with van der Waals surface area (Å²) in [6.45, 7) is 0.992. The summed E-state index contributed by atoms with van der Waals surface area (Å²) < 4.78 is 38.5. The van der Waals surface area contributed by atoms with Crippen molar-refractivity contribution in [2.75, 3.05) is 17.9 Å². The fourth-order valence-corrected chi connectivity index (χ4v) is 3.42. The number of anilines is 1. The van der Waals surface area contributed by atoms with Crippen LogP contribution in [0.4, 0.5) is 5.69 Å². The van der Waals surface area contributed by atoms with Gasteiger partial charge in [0.15, 0.2) is 11.5 Å². The molecule has 124 valence electrons. The summed E-state index contributed by atoms with van der Waals surface area (Å²) in [7, 11) is -3.83. The molecule has 0 atom stereocenters. The number of ether oxygens (including phenoxy) is 2. The Hall–Kier alpha value is -2.43. The van der Waals surface area contributed by atoms with E-state index in [2.05, 4.69) is 4.72 Å². The maximum atomic E-state index is 12.5. The molecule has 0 bridgehead atoms. The lowest BCUT2D eigenvalue weighted by molar-refractivity contribution is 0.297. The first-order valence-electron chi connectivity index (χ1n) is 7.12. The molecule has 1 aliphatic rings. The lowest BCUT2D eigenvalue weighted by atomic mass is 10.2. The first-order chi connectivity index (χ1) is 11.5. The maximum Gasteiger partial charge on any atom is 0.262 e. The number of hydrogen-bond donors (Lipinski definition) is 1. The fraction of sp³-hybridized carbons (Fsp3) is 0.188. The molecule has 0 saturated heterocycles. The predicted molar refractivity (Wildman–Crippen MR) is 89.0 cm³/mol. The number of nitriles is 1. The molecule has 2 aromatic carbocycles. The van der Waals surface area contributed by atoms with Gasteiger partial charge in [-0.05, 0) is 30.3 Å². The molecule has 0 radical (unpaired) electrons. The molecule has 0 spiro atoms. The fourth-order valence-electron chi connectivity index (χ4n) is 2.20. The topological polar surface area (TPSA) is 88.4 Å². The van der Waals surface area contributed by atoms with Gasteiger partial charge in [0.25, 0.3) is 10.0 Å². The Morgan fingerprint density at radius 2 is 1.83 bits per heavy atom. The largest absolute Gasteiger partial charge is 0.490 e. The third-order valence-corrected chi connectivity index (χ3v) is 5.08. The molecule has 1 heterocycles. The van der Waals surface area contributed by atoms with E-state index in [4.69, 9.17) is 26.3 Å². The zero-order valence-corrected chi connectivity index (χ0v) is 14.0. The Morgan fingerprint density at radius 3 is 2.58 bits per heavy atom. The van der Waals surface area contributed by atoms with Crippen molar-refractivity contribution in [3.05, 3.63) is 47.0 Å². The van der Waals surface area contributed by atoms with E-state index in [9.17, 15) is 8.42 Å². The molecule has 3 rings (SSSR count). The third kappa shape index (κ3) is 3.40. The van der Waals surface area contributed by atoms with E-state index in [1.54, 1.807) is 6.07 Å². The van der Waals surface area contributed by atoms with Crippen molar-refractivity contribution < 1.29 is 17.9 Å². The standard InChI is InChI=1S/C16H13ClN2O4S/c17-14-4-2-12(8-11(14)10-18)19-24(20,21)13-3-5-15-16(9-13)23-7-1-6-22-15/h2-5,8-9,19H,1,6-7H2. The molecule has 8 heteroatoms. The smallest absolute Gasteiger partial charge is 0.262 e. The van der Waals surface area contributed by atoms with Crippen LogP contribution in [-0.2, 0) is 10.0 Å². The number of sulfonamides is 1. The quantitative estimate of drug-likeness (QED) is 0.903. The summed E-state index contributed by atoms with van der Waals surface area (Å²) in [4.78, 5) is 0.0419. The summed E-state index contributed by atoms with van der Waals surface area (Å²) in [5, 5.41) is 9.24. The number of fused-ring (bicyclic) bond motifs is 1. The van der Waals surface area contributed by atoms with Crippen LogP contribution in [0.25, 0.3) is 0 Å². The summed E-state index contributed by atoms with van der Waals surface area (Å²) in [5.74, 6) is 0.911. The Bertz CT molecular complexity index is 922. The van der Waals surface area contributed by atoms with Gasteiger partial charge in [0.1, 0.15) is 6.07 Å². The SMILES string of the molecule is N#Cc1cc(NS(=O)(=O)c2ccc3c(c2)OCCCO3)ccc1Cl. The molecule has 0 aromatic heterocycles. The number of rotatable bonds is 3. The molecule has 6 nitrogen and oxygen atoms in total. The highest BCUT2D eigenvalue weighted by Crippen LogP contribution is 2.32. The van der Waals surface area contributed by atoms with Gasteiger partial charge in [-0.3, -0.25) is 4.72 Å². The molecule has 0 amide bonds. The van der Waals surface area contributed by atoms with Crippen LogP contribution in [0.3, 0.4) is 0 Å². The van der Waals surface area contributed by atoms with Gasteiger partial charge in [-0.1, -0.05) is 11.6 Å². The molecule has 1 aliphatic heterocycles. The molecule has 0 aliphatic carbocycles. The molecule has 1 N–H and O–H groups in total. The lowest BCUT2D eigenvalue weighted by Gasteiger charge is -2.12. The van der Waals surface area contributed by atoms with Crippen LogP contribution in [0.5, 0.6) is 11.5 Å². The van der Waals surface area contributed by atoms with Crippen LogP contribution in [0.15, 0.2) is 41.3 Å². The maximum absolute atomic E-state index is 12.5. The zero-order valence-electron chi connectivity index (χ0n) is 12.5. The van der Waals surface area contributed by atoms with Crippen LogP contribution >= 0.6 is 11.6 Å². The summed E-state index contributed by atoms with van der Waals surface area (Å²) in [6.07, 6.45) is 0.733.